The van der Waals surface area contributed by atoms with Crippen LogP contribution in [-0.4, -0.2) is 29.7 Å². The van der Waals surface area contributed by atoms with E-state index in [1.165, 1.54) is 44.2 Å². The molecule has 0 radical (unpaired) electrons. The number of nitrogens with zero attached hydrogens (tertiary/aromatic N) is 1. The van der Waals surface area contributed by atoms with Crippen molar-refractivity contribution in [1.82, 2.24) is 4.90 Å². The molecule has 1 saturated carbocycles. The maximum Gasteiger partial charge on any atom is 0.0499 e. The van der Waals surface area contributed by atoms with E-state index >= 15 is 0 Å². The van der Waals surface area contributed by atoms with Gasteiger partial charge in [0.25, 0.3) is 0 Å². The molecule has 0 saturated heterocycles. The third-order valence-corrected chi connectivity index (χ3v) is 5.47. The third kappa shape index (κ3) is 2.28. The van der Waals surface area contributed by atoms with Crippen LogP contribution in [0.15, 0.2) is 11.4 Å². The molecular weight excluding hydrogens is 230 g/mol. The van der Waals surface area contributed by atoms with E-state index < -0.39 is 0 Å². The number of hydrogen-bond acceptors (Lipinski definition) is 3. The van der Waals surface area contributed by atoms with Gasteiger partial charge in [-0.15, -0.1) is 11.3 Å². The summed E-state index contributed by atoms with van der Waals surface area (Å²) in [5, 5.41) is 11.9. The lowest BCUT2D eigenvalue weighted by Crippen LogP contribution is -2.40. The Morgan fingerprint density at radius 2 is 2.18 bits per heavy atom. The summed E-state index contributed by atoms with van der Waals surface area (Å²) in [6, 6.07) is 2.27. The van der Waals surface area contributed by atoms with Crippen molar-refractivity contribution in [3.63, 3.8) is 0 Å². The normalized spacial score (nSPS) is 23.8. The number of thiophene rings is 1. The van der Waals surface area contributed by atoms with Crippen molar-refractivity contribution >= 4 is 11.3 Å². The molecule has 3 rings (SSSR count). The van der Waals surface area contributed by atoms with Crippen LogP contribution in [0.3, 0.4) is 0 Å². The Morgan fingerprint density at radius 3 is 2.94 bits per heavy atom. The average molecular weight is 251 g/mol. The van der Waals surface area contributed by atoms with Gasteiger partial charge >= 0.3 is 0 Å². The molecule has 0 unspecified atom stereocenters. The van der Waals surface area contributed by atoms with Crippen molar-refractivity contribution in [3.05, 3.63) is 21.9 Å². The maximum absolute atomic E-state index is 9.68. The summed E-state index contributed by atoms with van der Waals surface area (Å²) < 4.78 is 0. The van der Waals surface area contributed by atoms with E-state index in [4.69, 9.17) is 0 Å². The van der Waals surface area contributed by atoms with E-state index in [-0.39, 0.29) is 5.41 Å². The summed E-state index contributed by atoms with van der Waals surface area (Å²) in [7, 11) is 0. The molecule has 1 aliphatic carbocycles. The quantitative estimate of drug-likeness (QED) is 0.893. The first kappa shape index (κ1) is 11.7. The smallest absolute Gasteiger partial charge is 0.0499 e. The first-order valence-electron chi connectivity index (χ1n) is 6.70. The van der Waals surface area contributed by atoms with E-state index in [1.54, 1.807) is 4.88 Å². The Bertz CT molecular complexity index is 381. The molecular formula is C14H21NOS. The number of aliphatic hydroxyl groups is 1. The van der Waals surface area contributed by atoms with E-state index in [0.29, 0.717) is 6.61 Å². The zero-order chi connectivity index (χ0) is 11.7. The Morgan fingerprint density at radius 1 is 1.35 bits per heavy atom. The highest BCUT2D eigenvalue weighted by atomic mass is 32.1. The van der Waals surface area contributed by atoms with Gasteiger partial charge in [-0.05, 0) is 36.3 Å². The van der Waals surface area contributed by atoms with Gasteiger partial charge in [0, 0.05) is 36.5 Å². The first-order chi connectivity index (χ1) is 8.31. The van der Waals surface area contributed by atoms with Crippen LogP contribution in [-0.2, 0) is 13.0 Å². The summed E-state index contributed by atoms with van der Waals surface area (Å²) in [5.41, 5.74) is 1.74. The Kier molecular flexibility index (Phi) is 3.24. The highest BCUT2D eigenvalue weighted by molar-refractivity contribution is 7.10. The van der Waals surface area contributed by atoms with Crippen molar-refractivity contribution in [2.24, 2.45) is 5.41 Å². The van der Waals surface area contributed by atoms with Crippen LogP contribution in [0.1, 0.15) is 36.1 Å². The lowest BCUT2D eigenvalue weighted by molar-refractivity contribution is 0.0728. The van der Waals surface area contributed by atoms with Gasteiger partial charge < -0.3 is 5.11 Å². The van der Waals surface area contributed by atoms with Gasteiger partial charge in [-0.2, -0.15) is 0 Å². The zero-order valence-electron chi connectivity index (χ0n) is 10.3. The maximum atomic E-state index is 9.68. The van der Waals surface area contributed by atoms with Crippen molar-refractivity contribution < 1.29 is 5.11 Å². The second-order valence-electron chi connectivity index (χ2n) is 5.69. The van der Waals surface area contributed by atoms with Gasteiger partial charge in [0.2, 0.25) is 0 Å². The molecule has 94 valence electrons. The number of hydrogen-bond donors (Lipinski definition) is 1. The minimum absolute atomic E-state index is 0.216. The second-order valence-corrected chi connectivity index (χ2v) is 6.70. The lowest BCUT2D eigenvalue weighted by atomic mass is 9.86. The number of fused-ring (bicyclic) bond motifs is 1. The standard InChI is InChI=1S/C14H21NOS/c16-11-14(5-1-2-6-14)10-15-7-3-13-12(9-15)4-8-17-13/h4,8,16H,1-3,5-7,9-11H2. The molecule has 17 heavy (non-hydrogen) atoms. The molecule has 0 aromatic carbocycles. The molecule has 1 fully saturated rings. The molecule has 1 aromatic rings. The monoisotopic (exact) mass is 251 g/mol. The van der Waals surface area contributed by atoms with Gasteiger partial charge in [0.15, 0.2) is 0 Å². The Labute approximate surface area is 107 Å². The molecule has 0 bridgehead atoms. The van der Waals surface area contributed by atoms with Crippen LogP contribution < -0.4 is 0 Å². The van der Waals surface area contributed by atoms with E-state index in [9.17, 15) is 5.11 Å². The van der Waals surface area contributed by atoms with E-state index in [1.807, 2.05) is 11.3 Å². The molecule has 1 aliphatic heterocycles. The van der Waals surface area contributed by atoms with Gasteiger partial charge in [0.1, 0.15) is 0 Å². The minimum Gasteiger partial charge on any atom is -0.396 e. The molecule has 2 aliphatic rings. The van der Waals surface area contributed by atoms with Crippen molar-refractivity contribution in [2.75, 3.05) is 19.7 Å². The summed E-state index contributed by atoms with van der Waals surface area (Å²) in [5.74, 6) is 0. The minimum atomic E-state index is 0.216. The second kappa shape index (κ2) is 4.71. The molecule has 0 amide bonds. The van der Waals surface area contributed by atoms with Gasteiger partial charge in [0.05, 0.1) is 0 Å². The fraction of sp³-hybridized carbons (Fsp3) is 0.714. The van der Waals surface area contributed by atoms with E-state index in [0.717, 1.165) is 13.1 Å². The van der Waals surface area contributed by atoms with Crippen molar-refractivity contribution in [1.29, 1.82) is 0 Å². The molecule has 1 aromatic heterocycles. The van der Waals surface area contributed by atoms with Crippen LogP contribution in [0.2, 0.25) is 0 Å². The SMILES string of the molecule is OCC1(CN2CCc3sccc3C2)CCCC1. The van der Waals surface area contributed by atoms with Crippen molar-refractivity contribution in [3.8, 4) is 0 Å². The summed E-state index contributed by atoms with van der Waals surface area (Å²) >= 11 is 1.90. The van der Waals surface area contributed by atoms with Crippen LogP contribution in [0, 0.1) is 5.41 Å². The highest BCUT2D eigenvalue weighted by Crippen LogP contribution is 2.39. The highest BCUT2D eigenvalue weighted by Gasteiger charge is 2.35. The Balaban J connectivity index is 1.67. The van der Waals surface area contributed by atoms with Crippen LogP contribution in [0.5, 0.6) is 0 Å². The number of aliphatic hydroxyl groups excluding tert-OH is 1. The fourth-order valence-corrected chi connectivity index (χ4v) is 4.30. The zero-order valence-corrected chi connectivity index (χ0v) is 11.1. The topological polar surface area (TPSA) is 23.5 Å². The fourth-order valence-electron chi connectivity index (χ4n) is 3.41. The Hall–Kier alpha value is -0.380. The van der Waals surface area contributed by atoms with Crippen LogP contribution in [0.25, 0.3) is 0 Å². The van der Waals surface area contributed by atoms with Crippen molar-refractivity contribution in [2.45, 2.75) is 38.6 Å². The first-order valence-corrected chi connectivity index (χ1v) is 7.58. The third-order valence-electron chi connectivity index (χ3n) is 4.45. The summed E-state index contributed by atoms with van der Waals surface area (Å²) in [4.78, 5) is 4.13. The molecule has 2 nitrogen and oxygen atoms in total. The van der Waals surface area contributed by atoms with Gasteiger partial charge in [-0.3, -0.25) is 4.90 Å². The van der Waals surface area contributed by atoms with Gasteiger partial charge in [-0.1, -0.05) is 12.8 Å². The average Bonchev–Trinajstić information content (AvgIpc) is 2.97. The molecule has 3 heteroatoms. The predicted molar refractivity (Wildman–Crippen MR) is 71.3 cm³/mol. The molecule has 1 N–H and O–H groups in total. The predicted octanol–water partition coefficient (Wildman–Crippen LogP) is 2.66. The van der Waals surface area contributed by atoms with Crippen LogP contribution in [0.4, 0.5) is 0 Å². The number of rotatable bonds is 3. The molecule has 0 atom stereocenters. The largest absolute Gasteiger partial charge is 0.396 e. The molecule has 2 heterocycles. The lowest BCUT2D eigenvalue weighted by Gasteiger charge is -2.36. The molecule has 0 spiro atoms. The van der Waals surface area contributed by atoms with E-state index in [2.05, 4.69) is 16.3 Å². The summed E-state index contributed by atoms with van der Waals surface area (Å²) in [6.45, 7) is 3.74. The summed E-state index contributed by atoms with van der Waals surface area (Å²) in [6.07, 6.45) is 6.25. The van der Waals surface area contributed by atoms with Crippen LogP contribution >= 0.6 is 11.3 Å². The van der Waals surface area contributed by atoms with Gasteiger partial charge in [-0.25, -0.2) is 0 Å².